The first-order valence-electron chi connectivity index (χ1n) is 7.26. The highest BCUT2D eigenvalue weighted by molar-refractivity contribution is 6.07. The molecule has 0 unspecified atom stereocenters. The fourth-order valence-corrected chi connectivity index (χ4v) is 2.20. The van der Waals surface area contributed by atoms with Gasteiger partial charge in [-0.3, -0.25) is 19.2 Å². The number of Topliss-reactive ketones (excluding diaryl/α,β-unsaturated/α-hetero) is 2. The second-order valence-electron chi connectivity index (χ2n) is 5.21. The van der Waals surface area contributed by atoms with E-state index in [2.05, 4.69) is 0 Å². The fourth-order valence-electron chi connectivity index (χ4n) is 2.20. The van der Waals surface area contributed by atoms with Gasteiger partial charge in [0.25, 0.3) is 0 Å². The summed E-state index contributed by atoms with van der Waals surface area (Å²) >= 11 is 0. The molecule has 0 amide bonds. The van der Waals surface area contributed by atoms with Crippen molar-refractivity contribution in [3.8, 4) is 0 Å². The van der Waals surface area contributed by atoms with Crippen molar-refractivity contribution >= 4 is 23.5 Å². The summed E-state index contributed by atoms with van der Waals surface area (Å²) in [6.07, 6.45) is -0.727. The van der Waals surface area contributed by atoms with E-state index in [0.29, 0.717) is 0 Å². The van der Waals surface area contributed by atoms with Gasteiger partial charge in [0.1, 0.15) is 11.6 Å². The predicted octanol–water partition coefficient (Wildman–Crippen LogP) is -0.362. The lowest BCUT2D eigenvalue weighted by molar-refractivity contribution is -0.173. The Hall–Kier alpha value is -1.80. The van der Waals surface area contributed by atoms with Crippen molar-refractivity contribution < 1.29 is 38.9 Å². The molecule has 0 aromatic rings. The molecule has 0 aliphatic heterocycles. The minimum absolute atomic E-state index is 0.0561. The molecule has 0 saturated carbocycles. The predicted molar refractivity (Wildman–Crippen MR) is 78.3 cm³/mol. The van der Waals surface area contributed by atoms with Gasteiger partial charge in [-0.15, -0.1) is 0 Å². The fraction of sp³-hybridized carbons (Fsp3) is 0.733. The smallest absolute Gasteiger partial charge is 0.322 e. The van der Waals surface area contributed by atoms with E-state index < -0.39 is 54.0 Å². The summed E-state index contributed by atoms with van der Waals surface area (Å²) in [4.78, 5) is 48.4. The zero-order valence-corrected chi connectivity index (χ0v) is 13.9. The number of carbonyl (C=O) groups is 4. The van der Waals surface area contributed by atoms with Crippen LogP contribution in [-0.2, 0) is 28.7 Å². The second-order valence-corrected chi connectivity index (χ2v) is 5.21. The molecule has 0 heterocycles. The van der Waals surface area contributed by atoms with Gasteiger partial charge in [0.05, 0.1) is 26.4 Å². The highest BCUT2D eigenvalue weighted by atomic mass is 16.5. The van der Waals surface area contributed by atoms with E-state index in [1.165, 1.54) is 13.8 Å². The quantitative estimate of drug-likeness (QED) is 0.410. The number of rotatable bonds is 10. The average molecular weight is 332 g/mol. The van der Waals surface area contributed by atoms with Crippen LogP contribution in [0.3, 0.4) is 0 Å². The van der Waals surface area contributed by atoms with E-state index in [1.54, 1.807) is 0 Å². The highest BCUT2D eigenvalue weighted by Crippen LogP contribution is 2.38. The molecule has 0 fully saturated rings. The van der Waals surface area contributed by atoms with Crippen molar-refractivity contribution in [3.63, 3.8) is 0 Å². The van der Waals surface area contributed by atoms with Crippen molar-refractivity contribution in [2.75, 3.05) is 26.4 Å². The Labute approximate surface area is 134 Å². The van der Waals surface area contributed by atoms with Gasteiger partial charge in [-0.1, -0.05) is 0 Å². The third-order valence-electron chi connectivity index (χ3n) is 3.82. The molecule has 132 valence electrons. The van der Waals surface area contributed by atoms with Gasteiger partial charge < -0.3 is 19.7 Å². The Morgan fingerprint density at radius 2 is 1.09 bits per heavy atom. The maximum Gasteiger partial charge on any atom is 0.322 e. The van der Waals surface area contributed by atoms with E-state index in [1.807, 2.05) is 0 Å². The van der Waals surface area contributed by atoms with Gasteiger partial charge in [-0.05, 0) is 34.1 Å². The first-order valence-corrected chi connectivity index (χ1v) is 7.26. The third kappa shape index (κ3) is 4.14. The summed E-state index contributed by atoms with van der Waals surface area (Å²) in [6.45, 7) is 3.07. The SMILES string of the molecule is CCOC(=O)[C@](CO)(C[C@](CO)(C(C)=O)C(=O)OCC)C(C)=O. The van der Waals surface area contributed by atoms with E-state index in [9.17, 15) is 29.4 Å². The van der Waals surface area contributed by atoms with E-state index in [0.717, 1.165) is 13.8 Å². The van der Waals surface area contributed by atoms with Crippen LogP contribution in [-0.4, -0.2) is 60.1 Å². The van der Waals surface area contributed by atoms with Crippen LogP contribution in [0.25, 0.3) is 0 Å². The van der Waals surface area contributed by atoms with Crippen LogP contribution in [0.5, 0.6) is 0 Å². The van der Waals surface area contributed by atoms with Crippen molar-refractivity contribution in [2.24, 2.45) is 10.8 Å². The summed E-state index contributed by atoms with van der Waals surface area (Å²) < 4.78 is 9.61. The van der Waals surface area contributed by atoms with Gasteiger partial charge in [0.2, 0.25) is 0 Å². The number of ether oxygens (including phenoxy) is 2. The Morgan fingerprint density at radius 1 is 0.783 bits per heavy atom. The van der Waals surface area contributed by atoms with Gasteiger partial charge in [-0.25, -0.2) is 0 Å². The number of aliphatic hydroxyl groups excluding tert-OH is 2. The molecule has 0 aromatic heterocycles. The number of hydrogen-bond acceptors (Lipinski definition) is 8. The Morgan fingerprint density at radius 3 is 1.26 bits per heavy atom. The lowest BCUT2D eigenvalue weighted by Gasteiger charge is -2.35. The number of carbonyl (C=O) groups excluding carboxylic acids is 4. The van der Waals surface area contributed by atoms with Gasteiger partial charge >= 0.3 is 11.9 Å². The molecule has 0 radical (unpaired) electrons. The standard InChI is InChI=1S/C15H24O8/c1-5-22-12(20)14(8-16,10(3)18)7-15(9-17,11(4)19)13(21)23-6-2/h16-17H,5-9H2,1-4H3/t14-,15-/m0/s1. The molecule has 0 bridgehead atoms. The van der Waals surface area contributed by atoms with Crippen molar-refractivity contribution in [1.82, 2.24) is 0 Å². The molecule has 0 aliphatic carbocycles. The molecular formula is C15H24O8. The van der Waals surface area contributed by atoms with Crippen LogP contribution in [0, 0.1) is 10.8 Å². The number of ketones is 2. The molecule has 8 heteroatoms. The van der Waals surface area contributed by atoms with E-state index >= 15 is 0 Å². The topological polar surface area (TPSA) is 127 Å². The molecule has 0 spiro atoms. The summed E-state index contributed by atoms with van der Waals surface area (Å²) in [5.74, 6) is -3.67. The number of aliphatic hydroxyl groups is 2. The largest absolute Gasteiger partial charge is 0.465 e. The van der Waals surface area contributed by atoms with Crippen LogP contribution in [0.1, 0.15) is 34.1 Å². The molecule has 0 aliphatic rings. The minimum Gasteiger partial charge on any atom is -0.465 e. The molecule has 23 heavy (non-hydrogen) atoms. The number of esters is 2. The zero-order valence-electron chi connectivity index (χ0n) is 13.9. The second kappa shape index (κ2) is 8.73. The Kier molecular flexibility index (Phi) is 8.05. The summed E-state index contributed by atoms with van der Waals surface area (Å²) in [6, 6.07) is 0. The van der Waals surface area contributed by atoms with Crippen LogP contribution >= 0.6 is 0 Å². The van der Waals surface area contributed by atoms with Crippen LogP contribution in [0.15, 0.2) is 0 Å². The van der Waals surface area contributed by atoms with E-state index in [4.69, 9.17) is 9.47 Å². The molecule has 2 N–H and O–H groups in total. The maximum absolute atomic E-state index is 12.2. The van der Waals surface area contributed by atoms with Gasteiger partial charge in [0.15, 0.2) is 10.8 Å². The normalized spacial score (nSPS) is 15.9. The Bertz CT molecular complexity index is 430. The Balaban J connectivity index is 6.07. The molecule has 0 rings (SSSR count). The van der Waals surface area contributed by atoms with E-state index in [-0.39, 0.29) is 13.2 Å². The lowest BCUT2D eigenvalue weighted by atomic mass is 9.67. The molecular weight excluding hydrogens is 308 g/mol. The molecule has 0 aromatic carbocycles. The van der Waals surface area contributed by atoms with Crippen molar-refractivity contribution in [2.45, 2.75) is 34.1 Å². The van der Waals surface area contributed by atoms with Crippen molar-refractivity contribution in [3.05, 3.63) is 0 Å². The lowest BCUT2D eigenvalue weighted by Crippen LogP contribution is -2.53. The zero-order chi connectivity index (χ0) is 18.3. The summed E-state index contributed by atoms with van der Waals surface area (Å²) in [5, 5.41) is 19.3. The third-order valence-corrected chi connectivity index (χ3v) is 3.82. The number of hydrogen-bond donors (Lipinski definition) is 2. The average Bonchev–Trinajstić information content (AvgIpc) is 2.48. The highest BCUT2D eigenvalue weighted by Gasteiger charge is 2.56. The van der Waals surface area contributed by atoms with Gasteiger partial charge in [-0.2, -0.15) is 0 Å². The molecule has 2 atom stereocenters. The summed E-state index contributed by atoms with van der Waals surface area (Å²) in [7, 11) is 0. The van der Waals surface area contributed by atoms with Crippen LogP contribution < -0.4 is 0 Å². The first-order chi connectivity index (χ1) is 10.7. The minimum atomic E-state index is -2.13. The van der Waals surface area contributed by atoms with Gasteiger partial charge in [0, 0.05) is 0 Å². The molecule has 0 saturated heterocycles. The molecule has 8 nitrogen and oxygen atoms in total. The summed E-state index contributed by atoms with van der Waals surface area (Å²) in [5.41, 5.74) is -4.26. The van der Waals surface area contributed by atoms with Crippen LogP contribution in [0.4, 0.5) is 0 Å². The maximum atomic E-state index is 12.2. The monoisotopic (exact) mass is 332 g/mol. The van der Waals surface area contributed by atoms with Crippen LogP contribution in [0.2, 0.25) is 0 Å². The first kappa shape index (κ1) is 21.2. The van der Waals surface area contributed by atoms with Crippen molar-refractivity contribution in [1.29, 1.82) is 0 Å².